The summed E-state index contributed by atoms with van der Waals surface area (Å²) < 4.78 is 5.18. The number of hydrogen-bond donors (Lipinski definition) is 0. The molecule has 104 valence electrons. The number of carbonyl (C=O) groups is 1. The first-order chi connectivity index (χ1) is 8.97. The van der Waals surface area contributed by atoms with Crippen LogP contribution in [0.5, 0.6) is 0 Å². The van der Waals surface area contributed by atoms with Gasteiger partial charge in [0.05, 0.1) is 23.5 Å². The third-order valence-electron chi connectivity index (χ3n) is 3.11. The van der Waals surface area contributed by atoms with Gasteiger partial charge in [0, 0.05) is 13.1 Å². The van der Waals surface area contributed by atoms with E-state index in [0.29, 0.717) is 5.82 Å². The van der Waals surface area contributed by atoms with Gasteiger partial charge in [-0.05, 0) is 33.6 Å². The van der Waals surface area contributed by atoms with Gasteiger partial charge >= 0.3 is 5.97 Å². The van der Waals surface area contributed by atoms with Crippen LogP contribution in [0.4, 0.5) is 5.69 Å². The summed E-state index contributed by atoms with van der Waals surface area (Å²) in [5.74, 6) is 0.306. The highest BCUT2D eigenvalue weighted by atomic mass is 16.5. The molecule has 5 heteroatoms. The number of anilines is 1. The topological polar surface area (TPSA) is 55.3 Å². The molecule has 0 unspecified atom stereocenters. The summed E-state index contributed by atoms with van der Waals surface area (Å²) in [6, 6.07) is 0. The maximum atomic E-state index is 11.6. The van der Waals surface area contributed by atoms with Crippen LogP contribution in [0.25, 0.3) is 0 Å². The molecule has 0 amide bonds. The number of esters is 1. The normalized spacial score (nSPS) is 15.6. The first kappa shape index (κ1) is 13.8. The third-order valence-corrected chi connectivity index (χ3v) is 3.11. The Hall–Kier alpha value is -1.65. The number of aromatic nitrogens is 2. The lowest BCUT2D eigenvalue weighted by Gasteiger charge is -2.17. The number of rotatable bonds is 3. The van der Waals surface area contributed by atoms with E-state index in [1.165, 1.54) is 12.8 Å². The van der Waals surface area contributed by atoms with Gasteiger partial charge in [0.15, 0.2) is 12.4 Å². The Bertz CT molecular complexity index is 431. The van der Waals surface area contributed by atoms with Crippen LogP contribution < -0.4 is 4.90 Å². The van der Waals surface area contributed by atoms with Crippen molar-refractivity contribution in [1.82, 2.24) is 9.97 Å². The summed E-state index contributed by atoms with van der Waals surface area (Å²) in [5.41, 5.74) is 0.554. The summed E-state index contributed by atoms with van der Waals surface area (Å²) >= 11 is 0. The fourth-order valence-corrected chi connectivity index (χ4v) is 1.91. The van der Waals surface area contributed by atoms with Gasteiger partial charge in [-0.25, -0.2) is 9.97 Å². The molecular weight excluding hydrogens is 242 g/mol. The zero-order chi connectivity index (χ0) is 13.9. The predicted molar refractivity (Wildman–Crippen MR) is 72.7 cm³/mol. The molecule has 1 aliphatic heterocycles. The number of hydrogen-bond acceptors (Lipinski definition) is 5. The molecule has 1 saturated heterocycles. The molecule has 2 heterocycles. The quantitative estimate of drug-likeness (QED) is 0.782. The van der Waals surface area contributed by atoms with Gasteiger partial charge in [-0.1, -0.05) is 0 Å². The summed E-state index contributed by atoms with van der Waals surface area (Å²) in [4.78, 5) is 22.4. The minimum atomic E-state index is -0.491. The molecule has 19 heavy (non-hydrogen) atoms. The van der Waals surface area contributed by atoms with E-state index in [2.05, 4.69) is 14.9 Å². The molecule has 0 aromatic carbocycles. The van der Waals surface area contributed by atoms with Crippen molar-refractivity contribution in [1.29, 1.82) is 0 Å². The van der Waals surface area contributed by atoms with Gasteiger partial charge in [-0.3, -0.25) is 4.79 Å². The Labute approximate surface area is 114 Å². The van der Waals surface area contributed by atoms with E-state index in [-0.39, 0.29) is 12.6 Å². The number of nitrogens with zero attached hydrogens (tertiary/aromatic N) is 3. The smallest absolute Gasteiger partial charge is 0.311 e. The SMILES string of the molecule is CC(C)(C)C(=O)OCc1ncc(N2CCCC2)cn1. The second-order valence-electron chi connectivity index (χ2n) is 5.88. The molecule has 1 aliphatic rings. The largest absolute Gasteiger partial charge is 0.457 e. The molecule has 0 atom stereocenters. The summed E-state index contributed by atoms with van der Waals surface area (Å²) in [5, 5.41) is 0. The van der Waals surface area contributed by atoms with Crippen LogP contribution in [-0.4, -0.2) is 29.0 Å². The fourth-order valence-electron chi connectivity index (χ4n) is 1.91. The van der Waals surface area contributed by atoms with E-state index in [1.807, 2.05) is 20.8 Å². The standard InChI is InChI=1S/C14H21N3O2/c1-14(2,3)13(18)19-10-12-15-8-11(9-16-12)17-6-4-5-7-17/h8-9H,4-7,10H2,1-3H3. The molecule has 0 radical (unpaired) electrons. The Balaban J connectivity index is 1.90. The fraction of sp³-hybridized carbons (Fsp3) is 0.643. The molecule has 1 aromatic heterocycles. The Morgan fingerprint density at radius 2 is 1.84 bits per heavy atom. The Kier molecular flexibility index (Phi) is 4.02. The summed E-state index contributed by atoms with van der Waals surface area (Å²) in [7, 11) is 0. The Morgan fingerprint density at radius 1 is 1.26 bits per heavy atom. The first-order valence-corrected chi connectivity index (χ1v) is 6.70. The van der Waals surface area contributed by atoms with Crippen molar-refractivity contribution < 1.29 is 9.53 Å². The number of ether oxygens (including phenoxy) is 1. The summed E-state index contributed by atoms with van der Waals surface area (Å²) in [6.45, 7) is 7.76. The Morgan fingerprint density at radius 3 is 2.37 bits per heavy atom. The lowest BCUT2D eigenvalue weighted by Crippen LogP contribution is -2.23. The average molecular weight is 263 g/mol. The lowest BCUT2D eigenvalue weighted by molar-refractivity contribution is -0.154. The van der Waals surface area contributed by atoms with E-state index in [4.69, 9.17) is 4.74 Å². The van der Waals surface area contributed by atoms with Crippen LogP contribution in [0.3, 0.4) is 0 Å². The van der Waals surface area contributed by atoms with Crippen LogP contribution in [0.2, 0.25) is 0 Å². The van der Waals surface area contributed by atoms with E-state index in [9.17, 15) is 4.79 Å². The van der Waals surface area contributed by atoms with Crippen molar-refractivity contribution in [2.75, 3.05) is 18.0 Å². The highest BCUT2D eigenvalue weighted by Gasteiger charge is 2.23. The molecule has 0 N–H and O–H groups in total. The maximum absolute atomic E-state index is 11.6. The van der Waals surface area contributed by atoms with Crippen molar-refractivity contribution in [3.8, 4) is 0 Å². The van der Waals surface area contributed by atoms with Gasteiger partial charge in [0.2, 0.25) is 0 Å². The highest BCUT2D eigenvalue weighted by Crippen LogP contribution is 2.18. The van der Waals surface area contributed by atoms with Gasteiger partial charge in [-0.15, -0.1) is 0 Å². The van der Waals surface area contributed by atoms with Crippen molar-refractivity contribution in [3.63, 3.8) is 0 Å². The third kappa shape index (κ3) is 3.66. The molecule has 0 bridgehead atoms. The molecule has 1 aromatic rings. The second-order valence-corrected chi connectivity index (χ2v) is 5.88. The van der Waals surface area contributed by atoms with E-state index in [1.54, 1.807) is 12.4 Å². The lowest BCUT2D eigenvalue weighted by atomic mass is 9.97. The zero-order valence-electron chi connectivity index (χ0n) is 11.8. The van der Waals surface area contributed by atoms with Gasteiger partial charge in [0.1, 0.15) is 0 Å². The van der Waals surface area contributed by atoms with Crippen LogP contribution in [0, 0.1) is 5.41 Å². The van der Waals surface area contributed by atoms with Crippen LogP contribution in [0.15, 0.2) is 12.4 Å². The minimum Gasteiger partial charge on any atom is -0.457 e. The molecular formula is C14H21N3O2. The molecule has 1 fully saturated rings. The van der Waals surface area contributed by atoms with Crippen molar-refractivity contribution in [3.05, 3.63) is 18.2 Å². The molecule has 5 nitrogen and oxygen atoms in total. The van der Waals surface area contributed by atoms with E-state index < -0.39 is 5.41 Å². The van der Waals surface area contributed by atoms with Gasteiger partial charge in [0.25, 0.3) is 0 Å². The van der Waals surface area contributed by atoms with Crippen LogP contribution in [-0.2, 0) is 16.1 Å². The first-order valence-electron chi connectivity index (χ1n) is 6.70. The number of carbonyl (C=O) groups excluding carboxylic acids is 1. The molecule has 0 aliphatic carbocycles. The van der Waals surface area contributed by atoms with Gasteiger partial charge < -0.3 is 9.64 Å². The molecule has 2 rings (SSSR count). The van der Waals surface area contributed by atoms with Crippen molar-refractivity contribution in [2.24, 2.45) is 5.41 Å². The van der Waals surface area contributed by atoms with Crippen LogP contribution in [0.1, 0.15) is 39.4 Å². The van der Waals surface area contributed by atoms with Crippen LogP contribution >= 0.6 is 0 Å². The summed E-state index contributed by atoms with van der Waals surface area (Å²) in [6.07, 6.45) is 6.06. The maximum Gasteiger partial charge on any atom is 0.311 e. The van der Waals surface area contributed by atoms with Gasteiger partial charge in [-0.2, -0.15) is 0 Å². The monoisotopic (exact) mass is 263 g/mol. The molecule has 0 saturated carbocycles. The average Bonchev–Trinajstić information content (AvgIpc) is 2.89. The predicted octanol–water partition coefficient (Wildman–Crippen LogP) is 2.17. The van der Waals surface area contributed by atoms with E-state index >= 15 is 0 Å². The van der Waals surface area contributed by atoms with Crippen molar-refractivity contribution in [2.45, 2.75) is 40.2 Å². The minimum absolute atomic E-state index is 0.135. The zero-order valence-corrected chi connectivity index (χ0v) is 11.8. The van der Waals surface area contributed by atoms with Crippen molar-refractivity contribution >= 4 is 11.7 Å². The second kappa shape index (κ2) is 5.55. The molecule has 0 spiro atoms. The van der Waals surface area contributed by atoms with E-state index in [0.717, 1.165) is 18.8 Å². The highest BCUT2D eigenvalue weighted by molar-refractivity contribution is 5.75.